The summed E-state index contributed by atoms with van der Waals surface area (Å²) in [6.07, 6.45) is 64.9. The van der Waals surface area contributed by atoms with Crippen molar-refractivity contribution in [1.82, 2.24) is 0 Å². The predicted octanol–water partition coefficient (Wildman–Crippen LogP) is 18.0. The summed E-state index contributed by atoms with van der Waals surface area (Å²) < 4.78 is 0. The molecule has 0 saturated carbocycles. The minimum atomic E-state index is -1.12. The summed E-state index contributed by atoms with van der Waals surface area (Å²) in [6.45, 7) is 9.41. The topological polar surface area (TPSA) is 0 Å². The fourth-order valence-electron chi connectivity index (χ4n) is 8.52. The van der Waals surface area contributed by atoms with Gasteiger partial charge in [0.25, 0.3) is 0 Å². The molecule has 0 aliphatic rings. The minimum absolute atomic E-state index is 1.12. The molecule has 0 nitrogen and oxygen atoms in total. The Bertz CT molecular complexity index is 486. The molecule has 0 saturated heterocycles. The zero-order valence-electron chi connectivity index (χ0n) is 34.9. The summed E-state index contributed by atoms with van der Waals surface area (Å²) in [4.78, 5) is 0. The van der Waals surface area contributed by atoms with Crippen molar-refractivity contribution < 1.29 is 0 Å². The molecule has 0 bridgehead atoms. The van der Waals surface area contributed by atoms with E-state index in [0.717, 1.165) is 0 Å². The van der Waals surface area contributed by atoms with E-state index in [9.17, 15) is 0 Å². The van der Waals surface area contributed by atoms with E-state index in [1.165, 1.54) is 225 Å². The van der Waals surface area contributed by atoms with Gasteiger partial charge < -0.3 is 0 Å². The van der Waals surface area contributed by atoms with Crippen molar-refractivity contribution in [3.63, 3.8) is 0 Å². The normalized spacial score (nSPS) is 12.3. The first-order chi connectivity index (χ1) is 23.7. The van der Waals surface area contributed by atoms with E-state index in [1.807, 2.05) is 0 Å². The number of hydrogen-bond donors (Lipinski definition) is 0. The molecule has 0 aromatic heterocycles. The third kappa shape index (κ3) is 36.2. The predicted molar refractivity (Wildman–Crippen MR) is 231 cm³/mol. The van der Waals surface area contributed by atoms with Crippen LogP contribution in [0.4, 0.5) is 0 Å². The van der Waals surface area contributed by atoms with Crippen LogP contribution in [-0.2, 0) is 0 Å². The van der Waals surface area contributed by atoms with Crippen molar-refractivity contribution >= 4 is 7.26 Å². The average Bonchev–Trinajstić information content (AvgIpc) is 3.09. The molecule has 0 amide bonds. The zero-order chi connectivity index (χ0) is 34.9. The molecule has 0 spiro atoms. The smallest absolute Gasteiger partial charge is 0.0654 e. The van der Waals surface area contributed by atoms with Crippen LogP contribution in [0.1, 0.15) is 278 Å². The maximum absolute atomic E-state index is 2.42. The van der Waals surface area contributed by atoms with Gasteiger partial charge >= 0.3 is 270 Å². The van der Waals surface area contributed by atoms with E-state index >= 15 is 0 Å². The van der Waals surface area contributed by atoms with Gasteiger partial charge in [0.05, 0.1) is 0 Å². The standard InChI is InChI=1S/C47H99P/c1-5-9-13-16-19-22-25-28-31-34-37-41-45-48(44-40-12-8-4,46-42-38-35-32-29-26-23-20-17-14-10-6-2)47-43-39-36-33-30-27-24-21-18-15-11-7-3/h48H,5-47H2,1-4H3. The fourth-order valence-corrected chi connectivity index (χ4v) is 14.0. The molecule has 0 aliphatic carbocycles. The van der Waals surface area contributed by atoms with Crippen molar-refractivity contribution in [2.45, 2.75) is 278 Å². The van der Waals surface area contributed by atoms with E-state index in [4.69, 9.17) is 0 Å². The number of unbranched alkanes of at least 4 members (excludes halogenated alkanes) is 35. The molecule has 0 N–H and O–H groups in total. The molecule has 0 radical (unpaired) electrons. The van der Waals surface area contributed by atoms with E-state index in [-0.39, 0.29) is 0 Å². The van der Waals surface area contributed by atoms with E-state index in [1.54, 1.807) is 50.3 Å². The van der Waals surface area contributed by atoms with E-state index < -0.39 is 7.26 Å². The third-order valence-corrected chi connectivity index (χ3v) is 17.6. The monoisotopic (exact) mass is 695 g/mol. The molecule has 0 fully saturated rings. The van der Waals surface area contributed by atoms with Gasteiger partial charge in [-0.1, -0.05) is 40.0 Å². The van der Waals surface area contributed by atoms with Crippen LogP contribution in [0.2, 0.25) is 0 Å². The summed E-state index contributed by atoms with van der Waals surface area (Å²) in [6, 6.07) is 0. The van der Waals surface area contributed by atoms with Gasteiger partial charge in [0.1, 0.15) is 0 Å². The van der Waals surface area contributed by atoms with Crippen LogP contribution < -0.4 is 0 Å². The van der Waals surface area contributed by atoms with Crippen LogP contribution in [0.5, 0.6) is 0 Å². The molecule has 0 aromatic carbocycles. The zero-order valence-corrected chi connectivity index (χ0v) is 35.9. The van der Waals surface area contributed by atoms with Gasteiger partial charge in [0.2, 0.25) is 0 Å². The van der Waals surface area contributed by atoms with Gasteiger partial charge in [-0.05, 0) is 0 Å². The molecule has 0 rings (SSSR count). The molecule has 0 aliphatic heterocycles. The molecule has 0 heterocycles. The van der Waals surface area contributed by atoms with Gasteiger partial charge in [-0.25, -0.2) is 0 Å². The Balaban J connectivity index is 4.54. The van der Waals surface area contributed by atoms with Gasteiger partial charge in [0, 0.05) is 0 Å². The summed E-state index contributed by atoms with van der Waals surface area (Å²) in [5.41, 5.74) is 0. The quantitative estimate of drug-likeness (QED) is 0.0440. The molecular formula is C47H99P. The number of rotatable bonds is 43. The van der Waals surface area contributed by atoms with Gasteiger partial charge in [0.15, 0.2) is 0 Å². The summed E-state index contributed by atoms with van der Waals surface area (Å²) in [5, 5.41) is 0. The van der Waals surface area contributed by atoms with Crippen LogP contribution in [0.3, 0.4) is 0 Å². The Morgan fingerprint density at radius 2 is 0.292 bits per heavy atom. The van der Waals surface area contributed by atoms with Crippen molar-refractivity contribution in [2.75, 3.05) is 24.6 Å². The van der Waals surface area contributed by atoms with Crippen LogP contribution in [0, 0.1) is 0 Å². The van der Waals surface area contributed by atoms with Crippen molar-refractivity contribution in [1.29, 1.82) is 0 Å². The molecule has 292 valence electrons. The molecule has 48 heavy (non-hydrogen) atoms. The summed E-state index contributed by atoms with van der Waals surface area (Å²) in [7, 11) is -1.12. The van der Waals surface area contributed by atoms with Crippen LogP contribution in [-0.4, -0.2) is 24.6 Å². The first-order valence-corrected chi connectivity index (χ1v) is 26.6. The van der Waals surface area contributed by atoms with Crippen LogP contribution in [0.25, 0.3) is 0 Å². The average molecular weight is 695 g/mol. The SMILES string of the molecule is CCCCCCCCCCCCCC[PH](CCCCC)(CCCCCCCCCCCCCC)CCCCCCCCCCCCCC. The second-order valence-electron chi connectivity index (χ2n) is 16.9. The van der Waals surface area contributed by atoms with Crippen LogP contribution in [0.15, 0.2) is 0 Å². The maximum atomic E-state index is 2.42. The minimum Gasteiger partial charge on any atom is -0.0654 e. The Hall–Kier alpha value is 0.430. The molecule has 1 heteroatoms. The molecule has 0 atom stereocenters. The number of hydrogen-bond acceptors (Lipinski definition) is 0. The second-order valence-corrected chi connectivity index (χ2v) is 21.9. The second kappa shape index (κ2) is 41.8. The van der Waals surface area contributed by atoms with E-state index in [2.05, 4.69) is 27.7 Å². The third-order valence-electron chi connectivity index (χ3n) is 12.0. The Morgan fingerprint density at radius 1 is 0.167 bits per heavy atom. The molecule has 0 unspecified atom stereocenters. The van der Waals surface area contributed by atoms with Crippen molar-refractivity contribution in [2.24, 2.45) is 0 Å². The Morgan fingerprint density at radius 3 is 0.479 bits per heavy atom. The fraction of sp³-hybridized carbons (Fsp3) is 1.00. The Kier molecular flexibility index (Phi) is 42.2. The Labute approximate surface area is 309 Å². The summed E-state index contributed by atoms with van der Waals surface area (Å²) >= 11 is 0. The molecular weight excluding hydrogens is 595 g/mol. The van der Waals surface area contributed by atoms with Crippen LogP contribution >= 0.6 is 7.26 Å². The summed E-state index contributed by atoms with van der Waals surface area (Å²) in [5.74, 6) is 0. The first-order valence-electron chi connectivity index (χ1n) is 23.7. The van der Waals surface area contributed by atoms with Gasteiger partial charge in [-0.15, -0.1) is 0 Å². The van der Waals surface area contributed by atoms with Crippen molar-refractivity contribution in [3.8, 4) is 0 Å². The molecule has 0 aromatic rings. The van der Waals surface area contributed by atoms with E-state index in [0.29, 0.717) is 0 Å². The first kappa shape index (κ1) is 48.4. The van der Waals surface area contributed by atoms with Gasteiger partial charge in [-0.3, -0.25) is 0 Å². The van der Waals surface area contributed by atoms with Crippen molar-refractivity contribution in [3.05, 3.63) is 0 Å². The van der Waals surface area contributed by atoms with Gasteiger partial charge in [-0.2, -0.15) is 0 Å².